The lowest BCUT2D eigenvalue weighted by atomic mass is 10.2. The summed E-state index contributed by atoms with van der Waals surface area (Å²) in [6, 6.07) is 5.55. The van der Waals surface area contributed by atoms with E-state index in [4.69, 9.17) is 11.6 Å². The van der Waals surface area contributed by atoms with Gasteiger partial charge in [0, 0.05) is 23.3 Å². The molecule has 1 aromatic carbocycles. The van der Waals surface area contributed by atoms with Crippen molar-refractivity contribution < 1.29 is 4.79 Å². The first-order valence-electron chi connectivity index (χ1n) is 5.68. The molecule has 1 rings (SSSR count). The Hall–Kier alpha value is -0.190. The third-order valence-electron chi connectivity index (χ3n) is 2.61. The maximum absolute atomic E-state index is 12.3. The van der Waals surface area contributed by atoms with Crippen molar-refractivity contribution in [3.63, 3.8) is 0 Å². The molecule has 0 radical (unpaired) electrons. The van der Waals surface area contributed by atoms with Crippen molar-refractivity contribution in [2.75, 3.05) is 19.8 Å². The number of hydrogen-bond donors (Lipinski definition) is 0. The Kier molecular flexibility index (Phi) is 6.53. The molecule has 100 valence electrons. The molecule has 0 aromatic heterocycles. The van der Waals surface area contributed by atoms with Gasteiger partial charge in [0.1, 0.15) is 0 Å². The molecule has 2 nitrogen and oxygen atoms in total. The molecule has 1 amide bonds. The molecule has 1 atom stereocenters. The lowest BCUT2D eigenvalue weighted by molar-refractivity contribution is 0.0794. The summed E-state index contributed by atoms with van der Waals surface area (Å²) >= 11 is 11.2. The van der Waals surface area contributed by atoms with E-state index in [0.29, 0.717) is 22.0 Å². The number of alkyl halides is 1. The molecule has 0 aliphatic carbocycles. The van der Waals surface area contributed by atoms with Gasteiger partial charge in [0.15, 0.2) is 0 Å². The van der Waals surface area contributed by atoms with E-state index in [1.54, 1.807) is 29.8 Å². The Morgan fingerprint density at radius 3 is 2.78 bits per heavy atom. The van der Waals surface area contributed by atoms with E-state index in [-0.39, 0.29) is 5.91 Å². The van der Waals surface area contributed by atoms with Crippen LogP contribution in [0.5, 0.6) is 0 Å². The average Bonchev–Trinajstić information content (AvgIpc) is 2.35. The number of thioether (sulfide) groups is 1. The van der Waals surface area contributed by atoms with E-state index in [9.17, 15) is 4.79 Å². The van der Waals surface area contributed by atoms with Crippen molar-refractivity contribution in [1.29, 1.82) is 0 Å². The molecule has 1 unspecified atom stereocenters. The molecule has 0 aliphatic heterocycles. The quantitative estimate of drug-likeness (QED) is 0.582. The minimum absolute atomic E-state index is 0.0240. The van der Waals surface area contributed by atoms with Gasteiger partial charge in [0.05, 0.1) is 10.6 Å². The van der Waals surface area contributed by atoms with Crippen LogP contribution in [0, 0.1) is 0 Å². The van der Waals surface area contributed by atoms with Gasteiger partial charge in [0.25, 0.3) is 5.91 Å². The number of benzene rings is 1. The van der Waals surface area contributed by atoms with Gasteiger partial charge in [-0.15, -0.1) is 11.8 Å². The first kappa shape index (κ1) is 15.9. The van der Waals surface area contributed by atoms with E-state index in [2.05, 4.69) is 22.9 Å². The zero-order chi connectivity index (χ0) is 13.7. The predicted octanol–water partition coefficient (Wildman–Crippen LogP) is 4.31. The second kappa shape index (κ2) is 7.41. The van der Waals surface area contributed by atoms with Gasteiger partial charge in [-0.2, -0.15) is 0 Å². The lowest BCUT2D eigenvalue weighted by Gasteiger charge is -2.19. The molecular formula is C13H17BrClNOS. The van der Waals surface area contributed by atoms with Crippen LogP contribution in [0.15, 0.2) is 23.1 Å². The summed E-state index contributed by atoms with van der Waals surface area (Å²) in [5.41, 5.74) is 0.577. The third kappa shape index (κ3) is 4.48. The van der Waals surface area contributed by atoms with Crippen LogP contribution in [-0.4, -0.2) is 35.5 Å². The summed E-state index contributed by atoms with van der Waals surface area (Å²) in [7, 11) is 1.81. The number of carbonyl (C=O) groups is 1. The fourth-order valence-electron chi connectivity index (χ4n) is 1.47. The minimum atomic E-state index is -0.0240. The summed E-state index contributed by atoms with van der Waals surface area (Å²) < 4.78 is 0. The Balaban J connectivity index is 2.82. The fraction of sp³-hybridized carbons (Fsp3) is 0.462. The van der Waals surface area contributed by atoms with Gasteiger partial charge in [-0.25, -0.2) is 0 Å². The Bertz CT molecular complexity index is 425. The van der Waals surface area contributed by atoms with Crippen molar-refractivity contribution in [1.82, 2.24) is 4.90 Å². The second-order valence-electron chi connectivity index (χ2n) is 4.14. The smallest absolute Gasteiger partial charge is 0.255 e. The van der Waals surface area contributed by atoms with Crippen LogP contribution in [0.1, 0.15) is 23.7 Å². The van der Waals surface area contributed by atoms with Crippen LogP contribution in [0.3, 0.4) is 0 Å². The van der Waals surface area contributed by atoms with Gasteiger partial charge in [-0.3, -0.25) is 4.79 Å². The number of carbonyl (C=O) groups excluding carboxylic acids is 1. The third-order valence-corrected chi connectivity index (χ3v) is 4.13. The second-order valence-corrected chi connectivity index (χ2v) is 6.99. The molecule has 0 spiro atoms. The molecule has 1 aromatic rings. The van der Waals surface area contributed by atoms with Crippen molar-refractivity contribution in [2.24, 2.45) is 0 Å². The summed E-state index contributed by atoms with van der Waals surface area (Å²) in [5, 5.41) is 0.511. The van der Waals surface area contributed by atoms with Crippen LogP contribution in [0.2, 0.25) is 5.02 Å². The molecule has 0 saturated heterocycles. The normalized spacial score (nSPS) is 12.3. The van der Waals surface area contributed by atoms with E-state index in [0.717, 1.165) is 11.3 Å². The molecule has 0 bridgehead atoms. The molecule has 0 fully saturated rings. The van der Waals surface area contributed by atoms with Crippen LogP contribution in [-0.2, 0) is 0 Å². The average molecular weight is 351 g/mol. The number of amides is 1. The van der Waals surface area contributed by atoms with Gasteiger partial charge in [-0.05, 0) is 30.9 Å². The molecule has 18 heavy (non-hydrogen) atoms. The highest BCUT2D eigenvalue weighted by atomic mass is 79.9. The van der Waals surface area contributed by atoms with E-state index in [1.807, 2.05) is 18.4 Å². The fourth-order valence-corrected chi connectivity index (χ4v) is 2.32. The summed E-state index contributed by atoms with van der Waals surface area (Å²) in [4.78, 5) is 15.4. The van der Waals surface area contributed by atoms with Crippen molar-refractivity contribution in [3.05, 3.63) is 28.8 Å². The molecule has 0 N–H and O–H groups in total. The minimum Gasteiger partial charge on any atom is -0.342 e. The molecule has 0 saturated carbocycles. The van der Waals surface area contributed by atoms with Gasteiger partial charge in [0.2, 0.25) is 0 Å². The SMILES string of the molecule is CSc1ccc(Cl)c(C(=O)N(C)CCC(C)Br)c1. The standard InChI is InChI=1S/C13H17BrClNOS/c1-9(14)6-7-16(2)13(17)11-8-10(18-3)4-5-12(11)15/h4-5,8-9H,6-7H2,1-3H3. The van der Waals surface area contributed by atoms with Crippen molar-refractivity contribution >= 4 is 45.2 Å². The highest BCUT2D eigenvalue weighted by Gasteiger charge is 2.16. The monoisotopic (exact) mass is 349 g/mol. The summed E-state index contributed by atoms with van der Waals surface area (Å²) in [6.07, 6.45) is 2.90. The lowest BCUT2D eigenvalue weighted by Crippen LogP contribution is -2.29. The number of nitrogens with zero attached hydrogens (tertiary/aromatic N) is 1. The summed E-state index contributed by atoms with van der Waals surface area (Å²) in [6.45, 7) is 2.78. The molecule has 0 heterocycles. The Labute approximate surface area is 126 Å². The Morgan fingerprint density at radius 1 is 1.56 bits per heavy atom. The van der Waals surface area contributed by atoms with E-state index < -0.39 is 0 Å². The van der Waals surface area contributed by atoms with E-state index in [1.165, 1.54) is 0 Å². The maximum Gasteiger partial charge on any atom is 0.255 e. The molecule has 0 aliphatic rings. The van der Waals surface area contributed by atoms with Gasteiger partial charge in [-0.1, -0.05) is 34.5 Å². The Morgan fingerprint density at radius 2 is 2.22 bits per heavy atom. The van der Waals surface area contributed by atoms with Gasteiger partial charge >= 0.3 is 0 Å². The maximum atomic E-state index is 12.3. The molecular weight excluding hydrogens is 334 g/mol. The predicted molar refractivity (Wildman–Crippen MR) is 83.2 cm³/mol. The summed E-state index contributed by atoms with van der Waals surface area (Å²) in [5.74, 6) is -0.0240. The first-order valence-corrected chi connectivity index (χ1v) is 8.20. The topological polar surface area (TPSA) is 20.3 Å². The zero-order valence-electron chi connectivity index (χ0n) is 10.7. The van der Waals surface area contributed by atoms with Gasteiger partial charge < -0.3 is 4.90 Å². The van der Waals surface area contributed by atoms with Crippen molar-refractivity contribution in [3.8, 4) is 0 Å². The zero-order valence-corrected chi connectivity index (χ0v) is 13.9. The first-order chi connectivity index (χ1) is 8.45. The highest BCUT2D eigenvalue weighted by Crippen LogP contribution is 2.24. The number of halogens is 2. The largest absolute Gasteiger partial charge is 0.342 e. The van der Waals surface area contributed by atoms with Crippen LogP contribution >= 0.6 is 39.3 Å². The van der Waals surface area contributed by atoms with Crippen LogP contribution < -0.4 is 0 Å². The number of rotatable bonds is 5. The van der Waals surface area contributed by atoms with Crippen LogP contribution in [0.25, 0.3) is 0 Å². The highest BCUT2D eigenvalue weighted by molar-refractivity contribution is 9.09. The molecule has 5 heteroatoms. The van der Waals surface area contributed by atoms with Crippen LogP contribution in [0.4, 0.5) is 0 Å². The van der Waals surface area contributed by atoms with E-state index >= 15 is 0 Å². The number of hydrogen-bond acceptors (Lipinski definition) is 2. The van der Waals surface area contributed by atoms with Crippen molar-refractivity contribution in [2.45, 2.75) is 23.1 Å².